The Balaban J connectivity index is 2.87. The van der Waals surface area contributed by atoms with Gasteiger partial charge in [-0.2, -0.15) is 4.37 Å². The summed E-state index contributed by atoms with van der Waals surface area (Å²) >= 11 is 1.08. The van der Waals surface area contributed by atoms with Gasteiger partial charge in [-0.25, -0.2) is 8.42 Å². The standard InChI is InChI=1S/C13H25N3O3S2/c1-4-8-21(18,19)10-11(14)16-20-12(10)15-9-13(2,3)6-5-7-17/h15,17H,4-9H2,1-3H3,(H2,14,16). The second-order valence-electron chi connectivity index (χ2n) is 5.89. The van der Waals surface area contributed by atoms with E-state index in [0.717, 1.165) is 24.4 Å². The van der Waals surface area contributed by atoms with Crippen molar-refractivity contribution in [1.29, 1.82) is 0 Å². The summed E-state index contributed by atoms with van der Waals surface area (Å²) in [6.07, 6.45) is 2.11. The molecule has 1 aromatic heterocycles. The normalized spacial score (nSPS) is 12.6. The van der Waals surface area contributed by atoms with Gasteiger partial charge in [-0.1, -0.05) is 20.8 Å². The maximum absolute atomic E-state index is 12.2. The fourth-order valence-corrected chi connectivity index (χ4v) is 4.66. The van der Waals surface area contributed by atoms with Crippen LogP contribution in [0.2, 0.25) is 0 Å². The van der Waals surface area contributed by atoms with Crippen molar-refractivity contribution in [3.05, 3.63) is 0 Å². The van der Waals surface area contributed by atoms with Crippen molar-refractivity contribution in [2.24, 2.45) is 5.41 Å². The lowest BCUT2D eigenvalue weighted by atomic mass is 9.88. The molecule has 0 amide bonds. The molecule has 0 saturated heterocycles. The number of nitrogens with one attached hydrogen (secondary N) is 1. The van der Waals surface area contributed by atoms with Gasteiger partial charge in [0.1, 0.15) is 9.90 Å². The Hall–Kier alpha value is -0.860. The summed E-state index contributed by atoms with van der Waals surface area (Å²) in [6, 6.07) is 0. The number of aromatic nitrogens is 1. The van der Waals surface area contributed by atoms with E-state index < -0.39 is 9.84 Å². The van der Waals surface area contributed by atoms with Crippen LogP contribution in [-0.4, -0.2) is 36.8 Å². The van der Waals surface area contributed by atoms with E-state index in [2.05, 4.69) is 23.5 Å². The molecule has 1 aromatic rings. The van der Waals surface area contributed by atoms with Crippen LogP contribution < -0.4 is 11.1 Å². The average molecular weight is 335 g/mol. The van der Waals surface area contributed by atoms with Crippen LogP contribution in [0.25, 0.3) is 0 Å². The molecule has 0 aliphatic heterocycles. The fraction of sp³-hybridized carbons (Fsp3) is 0.769. The monoisotopic (exact) mass is 335 g/mol. The summed E-state index contributed by atoms with van der Waals surface area (Å²) in [5, 5.41) is 12.6. The fourth-order valence-electron chi connectivity index (χ4n) is 2.04. The molecule has 0 spiro atoms. The summed E-state index contributed by atoms with van der Waals surface area (Å²) in [5.41, 5.74) is 5.68. The van der Waals surface area contributed by atoms with Gasteiger partial charge in [0, 0.05) is 13.2 Å². The van der Waals surface area contributed by atoms with Gasteiger partial charge in [0.15, 0.2) is 15.7 Å². The highest BCUT2D eigenvalue weighted by atomic mass is 32.2. The SMILES string of the molecule is CCCS(=O)(=O)c1c(N)nsc1NCC(C)(C)CCCO. The molecular formula is C13H25N3O3S2. The van der Waals surface area contributed by atoms with Crippen LogP contribution in [-0.2, 0) is 9.84 Å². The lowest BCUT2D eigenvalue weighted by Crippen LogP contribution is -2.24. The molecular weight excluding hydrogens is 310 g/mol. The van der Waals surface area contributed by atoms with Crippen molar-refractivity contribution < 1.29 is 13.5 Å². The quantitative estimate of drug-likeness (QED) is 0.638. The van der Waals surface area contributed by atoms with E-state index in [9.17, 15) is 8.42 Å². The van der Waals surface area contributed by atoms with Crippen LogP contribution in [0, 0.1) is 5.41 Å². The van der Waals surface area contributed by atoms with Gasteiger partial charge in [0.2, 0.25) is 0 Å². The first-order valence-electron chi connectivity index (χ1n) is 7.06. The van der Waals surface area contributed by atoms with Crippen LogP contribution in [0.15, 0.2) is 4.90 Å². The lowest BCUT2D eigenvalue weighted by Gasteiger charge is -2.25. The van der Waals surface area contributed by atoms with Gasteiger partial charge in [-0.3, -0.25) is 0 Å². The lowest BCUT2D eigenvalue weighted by molar-refractivity contribution is 0.248. The Morgan fingerprint density at radius 1 is 1.43 bits per heavy atom. The van der Waals surface area contributed by atoms with Crippen molar-refractivity contribution in [2.45, 2.75) is 44.9 Å². The van der Waals surface area contributed by atoms with Gasteiger partial charge in [0.05, 0.1) is 5.75 Å². The molecule has 8 heteroatoms. The predicted molar refractivity (Wildman–Crippen MR) is 87.5 cm³/mol. The molecule has 0 bridgehead atoms. The van der Waals surface area contributed by atoms with Crippen LogP contribution in [0.3, 0.4) is 0 Å². The molecule has 0 radical (unpaired) electrons. The van der Waals surface area contributed by atoms with Crippen LogP contribution in [0.1, 0.15) is 40.0 Å². The highest BCUT2D eigenvalue weighted by Gasteiger charge is 2.26. The van der Waals surface area contributed by atoms with Crippen LogP contribution in [0.4, 0.5) is 10.8 Å². The highest BCUT2D eigenvalue weighted by Crippen LogP contribution is 2.34. The number of anilines is 2. The minimum Gasteiger partial charge on any atom is -0.396 e. The van der Waals surface area contributed by atoms with E-state index in [1.54, 1.807) is 0 Å². The third-order valence-corrected chi connectivity index (χ3v) is 6.13. The smallest absolute Gasteiger partial charge is 0.185 e. The molecule has 0 saturated carbocycles. The first-order chi connectivity index (χ1) is 9.73. The Labute approximate surface area is 130 Å². The van der Waals surface area contributed by atoms with E-state index in [-0.39, 0.29) is 28.5 Å². The van der Waals surface area contributed by atoms with Gasteiger partial charge < -0.3 is 16.2 Å². The molecule has 4 N–H and O–H groups in total. The number of nitrogens with zero attached hydrogens (tertiary/aromatic N) is 1. The minimum absolute atomic E-state index is 0.0483. The first kappa shape index (κ1) is 18.2. The van der Waals surface area contributed by atoms with E-state index in [1.165, 1.54) is 0 Å². The van der Waals surface area contributed by atoms with Crippen molar-refractivity contribution >= 4 is 32.2 Å². The highest BCUT2D eigenvalue weighted by molar-refractivity contribution is 7.91. The summed E-state index contributed by atoms with van der Waals surface area (Å²) in [6.45, 7) is 6.72. The molecule has 122 valence electrons. The zero-order valence-electron chi connectivity index (χ0n) is 12.8. The molecule has 0 atom stereocenters. The number of hydrogen-bond acceptors (Lipinski definition) is 7. The summed E-state index contributed by atoms with van der Waals surface area (Å²) < 4.78 is 28.5. The summed E-state index contributed by atoms with van der Waals surface area (Å²) in [5.74, 6) is 0.141. The average Bonchev–Trinajstić information content (AvgIpc) is 2.76. The molecule has 1 rings (SSSR count). The molecule has 0 aromatic carbocycles. The van der Waals surface area contributed by atoms with Gasteiger partial charge >= 0.3 is 0 Å². The topological polar surface area (TPSA) is 105 Å². The molecule has 0 aliphatic carbocycles. The molecule has 0 fully saturated rings. The van der Waals surface area contributed by atoms with Crippen molar-refractivity contribution in [2.75, 3.05) is 30.0 Å². The zero-order valence-corrected chi connectivity index (χ0v) is 14.5. The van der Waals surface area contributed by atoms with Crippen molar-refractivity contribution in [3.8, 4) is 0 Å². The third kappa shape index (κ3) is 5.12. The maximum atomic E-state index is 12.2. The number of hydrogen-bond donors (Lipinski definition) is 3. The number of aliphatic hydroxyl groups is 1. The first-order valence-corrected chi connectivity index (χ1v) is 9.48. The summed E-state index contributed by atoms with van der Waals surface area (Å²) in [4.78, 5) is 0.132. The zero-order chi connectivity index (χ0) is 16.1. The summed E-state index contributed by atoms with van der Waals surface area (Å²) in [7, 11) is -3.39. The Morgan fingerprint density at radius 3 is 2.67 bits per heavy atom. The number of rotatable bonds is 9. The number of nitrogen functional groups attached to an aromatic ring is 1. The van der Waals surface area contributed by atoms with E-state index in [0.29, 0.717) is 18.0 Å². The van der Waals surface area contributed by atoms with Gasteiger partial charge in [-0.15, -0.1) is 0 Å². The van der Waals surface area contributed by atoms with Crippen LogP contribution in [0.5, 0.6) is 0 Å². The largest absolute Gasteiger partial charge is 0.396 e. The molecule has 0 aliphatic rings. The predicted octanol–water partition coefficient (Wildman–Crippen LogP) is 2.12. The number of sulfone groups is 1. The van der Waals surface area contributed by atoms with E-state index >= 15 is 0 Å². The number of aliphatic hydroxyl groups excluding tert-OH is 1. The van der Waals surface area contributed by atoms with Crippen molar-refractivity contribution in [1.82, 2.24) is 4.37 Å². The molecule has 0 unspecified atom stereocenters. The Morgan fingerprint density at radius 2 is 2.10 bits per heavy atom. The molecule has 6 nitrogen and oxygen atoms in total. The van der Waals surface area contributed by atoms with Crippen LogP contribution >= 0.6 is 11.5 Å². The second kappa shape index (κ2) is 7.42. The molecule has 1 heterocycles. The minimum atomic E-state index is -3.39. The Kier molecular flexibility index (Phi) is 6.42. The third-order valence-electron chi connectivity index (χ3n) is 3.20. The Bertz CT molecular complexity index is 553. The van der Waals surface area contributed by atoms with E-state index in [1.807, 2.05) is 6.92 Å². The van der Waals surface area contributed by atoms with E-state index in [4.69, 9.17) is 10.8 Å². The van der Waals surface area contributed by atoms with Gasteiger partial charge in [0.25, 0.3) is 0 Å². The number of nitrogens with two attached hydrogens (primary N) is 1. The second-order valence-corrected chi connectivity index (χ2v) is 8.71. The molecule has 21 heavy (non-hydrogen) atoms. The maximum Gasteiger partial charge on any atom is 0.185 e. The van der Waals surface area contributed by atoms with Crippen molar-refractivity contribution in [3.63, 3.8) is 0 Å². The van der Waals surface area contributed by atoms with Gasteiger partial charge in [-0.05, 0) is 36.2 Å².